The Labute approximate surface area is 111 Å². The third kappa shape index (κ3) is 5.83. The van der Waals surface area contributed by atoms with Gasteiger partial charge in [0.15, 0.2) is 0 Å². The summed E-state index contributed by atoms with van der Waals surface area (Å²) in [6, 6.07) is 0.538. The smallest absolute Gasteiger partial charge is 0.234 e. The van der Waals surface area contributed by atoms with Crippen LogP contribution in [0.5, 0.6) is 0 Å². The molecular weight excluding hydrogens is 226 g/mol. The van der Waals surface area contributed by atoms with E-state index in [-0.39, 0.29) is 5.91 Å². The summed E-state index contributed by atoms with van der Waals surface area (Å²) in [6.45, 7) is 8.75. The second-order valence-corrected chi connectivity index (χ2v) is 5.13. The van der Waals surface area contributed by atoms with Gasteiger partial charge in [-0.1, -0.05) is 26.7 Å². The van der Waals surface area contributed by atoms with Crippen LogP contribution >= 0.6 is 0 Å². The molecular formula is C14H29N3O. The monoisotopic (exact) mass is 255 g/mol. The van der Waals surface area contributed by atoms with Crippen molar-refractivity contribution in [3.8, 4) is 0 Å². The molecule has 0 aliphatic carbocycles. The summed E-state index contributed by atoms with van der Waals surface area (Å²) in [6.07, 6.45) is 5.95. The number of carbonyl (C=O) groups is 1. The lowest BCUT2D eigenvalue weighted by Gasteiger charge is -2.35. The first-order chi connectivity index (χ1) is 8.77. The van der Waals surface area contributed by atoms with Gasteiger partial charge in [0, 0.05) is 19.1 Å². The SMILES string of the molecule is CCCCNC(=O)CN1CCCCC1CNCC. The van der Waals surface area contributed by atoms with Gasteiger partial charge >= 0.3 is 0 Å². The van der Waals surface area contributed by atoms with E-state index in [9.17, 15) is 4.79 Å². The van der Waals surface area contributed by atoms with Crippen LogP contribution in [0.4, 0.5) is 0 Å². The van der Waals surface area contributed by atoms with E-state index >= 15 is 0 Å². The topological polar surface area (TPSA) is 44.4 Å². The standard InChI is InChI=1S/C14H29N3O/c1-3-5-9-16-14(18)12-17-10-7-6-8-13(17)11-15-4-2/h13,15H,3-12H2,1-2H3,(H,16,18). The highest BCUT2D eigenvalue weighted by molar-refractivity contribution is 5.78. The summed E-state index contributed by atoms with van der Waals surface area (Å²) in [7, 11) is 0. The second kappa shape index (κ2) is 9.34. The van der Waals surface area contributed by atoms with E-state index in [1.54, 1.807) is 0 Å². The van der Waals surface area contributed by atoms with Crippen LogP contribution in [0.2, 0.25) is 0 Å². The Morgan fingerprint density at radius 3 is 2.89 bits per heavy atom. The number of amides is 1. The lowest BCUT2D eigenvalue weighted by atomic mass is 10.0. The van der Waals surface area contributed by atoms with E-state index in [2.05, 4.69) is 29.4 Å². The largest absolute Gasteiger partial charge is 0.355 e. The zero-order valence-corrected chi connectivity index (χ0v) is 12.0. The minimum absolute atomic E-state index is 0.187. The molecule has 1 heterocycles. The summed E-state index contributed by atoms with van der Waals surface area (Å²) in [5.41, 5.74) is 0. The summed E-state index contributed by atoms with van der Waals surface area (Å²) in [5.74, 6) is 0.187. The van der Waals surface area contributed by atoms with Crippen molar-refractivity contribution in [2.24, 2.45) is 0 Å². The third-order valence-electron chi connectivity index (χ3n) is 3.58. The maximum atomic E-state index is 11.8. The molecule has 4 nitrogen and oxygen atoms in total. The van der Waals surface area contributed by atoms with Crippen molar-refractivity contribution in [1.29, 1.82) is 0 Å². The van der Waals surface area contributed by atoms with Crippen molar-refractivity contribution in [2.75, 3.05) is 32.7 Å². The molecule has 1 fully saturated rings. The molecule has 1 unspecified atom stereocenters. The van der Waals surface area contributed by atoms with Gasteiger partial charge in [0.05, 0.1) is 6.54 Å². The zero-order chi connectivity index (χ0) is 13.2. The van der Waals surface area contributed by atoms with Crippen LogP contribution in [0.1, 0.15) is 46.0 Å². The van der Waals surface area contributed by atoms with Gasteiger partial charge in [-0.05, 0) is 32.4 Å². The summed E-state index contributed by atoms with van der Waals surface area (Å²) < 4.78 is 0. The molecule has 4 heteroatoms. The summed E-state index contributed by atoms with van der Waals surface area (Å²) in [4.78, 5) is 14.2. The molecule has 2 N–H and O–H groups in total. The number of carbonyl (C=O) groups excluding carboxylic acids is 1. The van der Waals surface area contributed by atoms with Crippen molar-refractivity contribution in [3.63, 3.8) is 0 Å². The Kier molecular flexibility index (Phi) is 8.01. The number of hydrogen-bond donors (Lipinski definition) is 2. The number of piperidine rings is 1. The van der Waals surface area contributed by atoms with Crippen molar-refractivity contribution in [2.45, 2.75) is 52.0 Å². The van der Waals surface area contributed by atoms with Crippen molar-refractivity contribution >= 4 is 5.91 Å². The average Bonchev–Trinajstić information content (AvgIpc) is 2.38. The Bertz CT molecular complexity index is 233. The molecule has 0 radical (unpaired) electrons. The fourth-order valence-electron chi connectivity index (χ4n) is 2.46. The van der Waals surface area contributed by atoms with Crippen LogP contribution in [-0.4, -0.2) is 49.6 Å². The first-order valence-electron chi connectivity index (χ1n) is 7.49. The number of nitrogens with one attached hydrogen (secondary N) is 2. The number of nitrogens with zero attached hydrogens (tertiary/aromatic N) is 1. The highest BCUT2D eigenvalue weighted by atomic mass is 16.2. The highest BCUT2D eigenvalue weighted by Gasteiger charge is 2.23. The van der Waals surface area contributed by atoms with Crippen LogP contribution in [0.3, 0.4) is 0 Å². The number of likely N-dealkylation sites (N-methyl/N-ethyl adjacent to an activating group) is 1. The Morgan fingerprint density at radius 2 is 2.17 bits per heavy atom. The Balaban J connectivity index is 2.29. The quantitative estimate of drug-likeness (QED) is 0.644. The number of rotatable bonds is 8. The highest BCUT2D eigenvalue weighted by Crippen LogP contribution is 2.15. The Morgan fingerprint density at radius 1 is 1.33 bits per heavy atom. The summed E-state index contributed by atoms with van der Waals surface area (Å²) in [5, 5.41) is 6.41. The lowest BCUT2D eigenvalue weighted by molar-refractivity contribution is -0.123. The zero-order valence-electron chi connectivity index (χ0n) is 12.0. The molecule has 106 valence electrons. The van der Waals surface area contributed by atoms with Crippen LogP contribution in [-0.2, 0) is 4.79 Å². The van der Waals surface area contributed by atoms with Crippen molar-refractivity contribution in [3.05, 3.63) is 0 Å². The molecule has 1 amide bonds. The van der Waals surface area contributed by atoms with Crippen LogP contribution < -0.4 is 10.6 Å². The normalized spacial score (nSPS) is 20.9. The molecule has 0 saturated carbocycles. The molecule has 0 spiro atoms. The van der Waals surface area contributed by atoms with Crippen LogP contribution in [0.25, 0.3) is 0 Å². The predicted molar refractivity (Wildman–Crippen MR) is 75.7 cm³/mol. The van der Waals surface area contributed by atoms with E-state index in [1.807, 2.05) is 0 Å². The number of unbranched alkanes of at least 4 members (excludes halogenated alkanes) is 1. The fraction of sp³-hybridized carbons (Fsp3) is 0.929. The van der Waals surface area contributed by atoms with Crippen molar-refractivity contribution < 1.29 is 4.79 Å². The van der Waals surface area contributed by atoms with Gasteiger partial charge in [-0.15, -0.1) is 0 Å². The van der Waals surface area contributed by atoms with E-state index in [4.69, 9.17) is 0 Å². The lowest BCUT2D eigenvalue weighted by Crippen LogP contribution is -2.49. The van der Waals surface area contributed by atoms with Gasteiger partial charge in [0.25, 0.3) is 0 Å². The summed E-state index contributed by atoms with van der Waals surface area (Å²) >= 11 is 0. The van der Waals surface area contributed by atoms with Gasteiger partial charge in [0.2, 0.25) is 5.91 Å². The maximum Gasteiger partial charge on any atom is 0.234 e. The van der Waals surface area contributed by atoms with Crippen LogP contribution in [0.15, 0.2) is 0 Å². The molecule has 1 atom stereocenters. The van der Waals surface area contributed by atoms with Gasteiger partial charge in [0.1, 0.15) is 0 Å². The van der Waals surface area contributed by atoms with Gasteiger partial charge < -0.3 is 10.6 Å². The fourth-order valence-corrected chi connectivity index (χ4v) is 2.46. The second-order valence-electron chi connectivity index (χ2n) is 5.13. The number of hydrogen-bond acceptors (Lipinski definition) is 3. The van der Waals surface area contributed by atoms with E-state index < -0.39 is 0 Å². The van der Waals surface area contributed by atoms with E-state index in [0.717, 1.165) is 39.0 Å². The first kappa shape index (κ1) is 15.4. The van der Waals surface area contributed by atoms with E-state index in [1.165, 1.54) is 19.3 Å². The molecule has 1 saturated heterocycles. The van der Waals surface area contributed by atoms with Crippen molar-refractivity contribution in [1.82, 2.24) is 15.5 Å². The molecule has 0 aromatic rings. The van der Waals surface area contributed by atoms with E-state index in [0.29, 0.717) is 12.6 Å². The molecule has 1 aliphatic heterocycles. The third-order valence-corrected chi connectivity index (χ3v) is 3.58. The predicted octanol–water partition coefficient (Wildman–Crippen LogP) is 1.37. The van der Waals surface area contributed by atoms with Crippen LogP contribution in [0, 0.1) is 0 Å². The molecule has 18 heavy (non-hydrogen) atoms. The maximum absolute atomic E-state index is 11.8. The molecule has 0 aromatic heterocycles. The number of likely N-dealkylation sites (tertiary alicyclic amines) is 1. The first-order valence-corrected chi connectivity index (χ1v) is 7.49. The van der Waals surface area contributed by atoms with Gasteiger partial charge in [-0.2, -0.15) is 0 Å². The van der Waals surface area contributed by atoms with Gasteiger partial charge in [-0.25, -0.2) is 0 Å². The Hall–Kier alpha value is -0.610. The molecule has 0 bridgehead atoms. The average molecular weight is 255 g/mol. The molecule has 1 aliphatic rings. The molecule has 1 rings (SSSR count). The van der Waals surface area contributed by atoms with Gasteiger partial charge in [-0.3, -0.25) is 9.69 Å². The minimum Gasteiger partial charge on any atom is -0.355 e. The molecule has 0 aromatic carbocycles. The minimum atomic E-state index is 0.187.